The molecular formula is C19H22N4O5S. The van der Waals surface area contributed by atoms with Gasteiger partial charge in [-0.3, -0.25) is 19.3 Å². The number of nitrogens with zero attached hydrogens (tertiary/aromatic N) is 3. The first-order chi connectivity index (χ1) is 13.9. The Balaban J connectivity index is 1.43. The van der Waals surface area contributed by atoms with Gasteiger partial charge in [0, 0.05) is 20.0 Å². The molecule has 1 fully saturated rings. The predicted octanol–water partition coefficient (Wildman–Crippen LogP) is 1.69. The van der Waals surface area contributed by atoms with Crippen molar-refractivity contribution in [2.24, 2.45) is 0 Å². The zero-order valence-electron chi connectivity index (χ0n) is 16.2. The number of imide groups is 1. The number of amides is 4. The Morgan fingerprint density at radius 3 is 2.79 bits per heavy atom. The van der Waals surface area contributed by atoms with Crippen LogP contribution in [0, 0.1) is 0 Å². The molecule has 0 spiro atoms. The van der Waals surface area contributed by atoms with Gasteiger partial charge in [-0.05, 0) is 25.5 Å². The summed E-state index contributed by atoms with van der Waals surface area (Å²) in [5, 5.41) is 3.22. The molecule has 0 radical (unpaired) electrons. The van der Waals surface area contributed by atoms with Crippen LogP contribution in [0.1, 0.15) is 30.8 Å². The third-order valence-corrected chi connectivity index (χ3v) is 5.91. The summed E-state index contributed by atoms with van der Waals surface area (Å²) in [4.78, 5) is 54.2. The van der Waals surface area contributed by atoms with E-state index < -0.39 is 12.0 Å². The molecule has 1 aromatic heterocycles. The van der Waals surface area contributed by atoms with Gasteiger partial charge in [0.05, 0.1) is 22.8 Å². The van der Waals surface area contributed by atoms with Crippen molar-refractivity contribution in [3.63, 3.8) is 0 Å². The van der Waals surface area contributed by atoms with Crippen LogP contribution in [-0.2, 0) is 19.1 Å². The Morgan fingerprint density at radius 2 is 2.10 bits per heavy atom. The fourth-order valence-electron chi connectivity index (χ4n) is 2.83. The first kappa shape index (κ1) is 20.7. The second kappa shape index (κ2) is 8.99. The van der Waals surface area contributed by atoms with E-state index in [9.17, 15) is 19.2 Å². The van der Waals surface area contributed by atoms with Crippen molar-refractivity contribution < 1.29 is 23.9 Å². The Bertz CT molecular complexity index is 895. The zero-order valence-corrected chi connectivity index (χ0v) is 17.0. The number of fused-ring (bicyclic) bond motifs is 1. The third-order valence-electron chi connectivity index (χ3n) is 4.70. The molecule has 1 N–H and O–H groups in total. The maximum atomic E-state index is 12.4. The number of esters is 1. The van der Waals surface area contributed by atoms with E-state index in [0.717, 1.165) is 20.1 Å². The molecule has 1 saturated heterocycles. The molecule has 9 nitrogen and oxygen atoms in total. The number of thiazole rings is 1. The fourth-order valence-corrected chi connectivity index (χ4v) is 3.89. The van der Waals surface area contributed by atoms with Gasteiger partial charge in [0.25, 0.3) is 5.91 Å². The highest BCUT2D eigenvalue weighted by atomic mass is 32.1. The van der Waals surface area contributed by atoms with Crippen LogP contribution in [0.2, 0.25) is 0 Å². The van der Waals surface area contributed by atoms with Gasteiger partial charge in [-0.25, -0.2) is 9.78 Å². The summed E-state index contributed by atoms with van der Waals surface area (Å²) in [6.45, 7) is 1.63. The van der Waals surface area contributed by atoms with Crippen LogP contribution >= 0.6 is 11.3 Å². The predicted molar refractivity (Wildman–Crippen MR) is 106 cm³/mol. The van der Waals surface area contributed by atoms with E-state index in [1.165, 1.54) is 16.2 Å². The van der Waals surface area contributed by atoms with Gasteiger partial charge in [0.2, 0.25) is 5.91 Å². The van der Waals surface area contributed by atoms with E-state index in [-0.39, 0.29) is 50.4 Å². The van der Waals surface area contributed by atoms with Crippen LogP contribution in [0.5, 0.6) is 0 Å². The standard InChI is InChI=1S/C19H22N4O5S/c1-12(18-21-13-6-3-4-7-14(13)29-18)22(2)16(25)11-28-17(26)8-5-9-23-15(24)10-20-19(23)27/h3-4,6-7,12H,5,8-11H2,1-2H3,(H,20,27)/t12-/m0/s1. The summed E-state index contributed by atoms with van der Waals surface area (Å²) in [7, 11) is 1.64. The lowest BCUT2D eigenvalue weighted by Gasteiger charge is -2.23. The zero-order chi connectivity index (χ0) is 21.0. The topological polar surface area (TPSA) is 109 Å². The van der Waals surface area contributed by atoms with Crippen LogP contribution in [0.4, 0.5) is 4.79 Å². The van der Waals surface area contributed by atoms with E-state index in [4.69, 9.17) is 4.74 Å². The maximum Gasteiger partial charge on any atom is 0.324 e. The number of carbonyl (C=O) groups excluding carboxylic acids is 4. The highest BCUT2D eigenvalue weighted by Gasteiger charge is 2.28. The summed E-state index contributed by atoms with van der Waals surface area (Å²) >= 11 is 1.52. The first-order valence-corrected chi connectivity index (χ1v) is 10.0. The molecule has 1 aliphatic heterocycles. The quantitative estimate of drug-likeness (QED) is 0.516. The number of carbonyl (C=O) groups is 4. The Kier molecular flexibility index (Phi) is 6.42. The first-order valence-electron chi connectivity index (χ1n) is 9.21. The van der Waals surface area contributed by atoms with Gasteiger partial charge in [-0.1, -0.05) is 12.1 Å². The van der Waals surface area contributed by atoms with E-state index in [2.05, 4.69) is 10.3 Å². The van der Waals surface area contributed by atoms with E-state index in [0.29, 0.717) is 0 Å². The number of likely N-dealkylation sites (N-methyl/N-ethyl adjacent to an activating group) is 1. The van der Waals surface area contributed by atoms with Gasteiger partial charge >= 0.3 is 12.0 Å². The molecule has 154 valence electrons. The maximum absolute atomic E-state index is 12.4. The molecule has 4 amide bonds. The molecule has 0 aliphatic carbocycles. The van der Waals surface area contributed by atoms with E-state index in [1.807, 2.05) is 31.2 Å². The van der Waals surface area contributed by atoms with Gasteiger partial charge in [0.15, 0.2) is 6.61 Å². The van der Waals surface area contributed by atoms with Crippen molar-refractivity contribution in [1.29, 1.82) is 0 Å². The Labute approximate surface area is 171 Å². The van der Waals surface area contributed by atoms with Gasteiger partial charge in [0.1, 0.15) is 5.01 Å². The van der Waals surface area contributed by atoms with Crippen LogP contribution < -0.4 is 5.32 Å². The number of rotatable bonds is 8. The van der Waals surface area contributed by atoms with Crippen molar-refractivity contribution >= 4 is 45.4 Å². The van der Waals surface area contributed by atoms with E-state index in [1.54, 1.807) is 7.05 Å². The largest absolute Gasteiger partial charge is 0.456 e. The average Bonchev–Trinajstić information content (AvgIpc) is 3.29. The van der Waals surface area contributed by atoms with Crippen LogP contribution in [-0.4, -0.2) is 65.3 Å². The van der Waals surface area contributed by atoms with Crippen molar-refractivity contribution in [3.05, 3.63) is 29.3 Å². The second-order valence-corrected chi connectivity index (χ2v) is 7.73. The highest BCUT2D eigenvalue weighted by Crippen LogP contribution is 2.28. The molecule has 1 aromatic carbocycles. The molecule has 29 heavy (non-hydrogen) atoms. The van der Waals surface area contributed by atoms with Gasteiger partial charge in [-0.15, -0.1) is 11.3 Å². The molecule has 0 bridgehead atoms. The lowest BCUT2D eigenvalue weighted by atomic mass is 10.3. The SMILES string of the molecule is C[C@@H](c1nc2ccccc2s1)N(C)C(=O)COC(=O)CCCN1C(=O)CNC1=O. The Hall–Kier alpha value is -3.01. The molecule has 2 heterocycles. The lowest BCUT2D eigenvalue weighted by molar-refractivity contribution is -0.152. The summed E-state index contributed by atoms with van der Waals surface area (Å²) in [5.74, 6) is -1.20. The normalized spacial score (nSPS) is 14.8. The minimum absolute atomic E-state index is 0.0154. The monoisotopic (exact) mass is 418 g/mol. The number of benzene rings is 1. The lowest BCUT2D eigenvalue weighted by Crippen LogP contribution is -2.34. The number of aromatic nitrogens is 1. The number of nitrogens with one attached hydrogen (secondary N) is 1. The third kappa shape index (κ3) is 4.89. The number of ether oxygens (including phenoxy) is 1. The van der Waals surface area contributed by atoms with Crippen molar-refractivity contribution in [1.82, 2.24) is 20.1 Å². The number of hydrogen-bond donors (Lipinski definition) is 1. The summed E-state index contributed by atoms with van der Waals surface area (Å²) in [6.07, 6.45) is 0.297. The number of urea groups is 1. The molecule has 0 unspecified atom stereocenters. The Morgan fingerprint density at radius 1 is 1.34 bits per heavy atom. The molecule has 3 rings (SSSR count). The average molecular weight is 418 g/mol. The fraction of sp³-hybridized carbons (Fsp3) is 0.421. The summed E-state index contributed by atoms with van der Waals surface area (Å²) < 4.78 is 6.09. The second-order valence-electron chi connectivity index (χ2n) is 6.67. The minimum Gasteiger partial charge on any atom is -0.456 e. The summed E-state index contributed by atoms with van der Waals surface area (Å²) in [5.41, 5.74) is 0.886. The molecule has 10 heteroatoms. The summed E-state index contributed by atoms with van der Waals surface area (Å²) in [6, 6.07) is 7.05. The van der Waals surface area contributed by atoms with Crippen molar-refractivity contribution in [3.8, 4) is 0 Å². The van der Waals surface area contributed by atoms with Crippen molar-refractivity contribution in [2.45, 2.75) is 25.8 Å². The molecule has 2 aromatic rings. The molecule has 1 atom stereocenters. The van der Waals surface area contributed by atoms with Gasteiger partial charge in [-0.2, -0.15) is 0 Å². The van der Waals surface area contributed by atoms with Crippen LogP contribution in [0.15, 0.2) is 24.3 Å². The van der Waals surface area contributed by atoms with Crippen LogP contribution in [0.25, 0.3) is 10.2 Å². The van der Waals surface area contributed by atoms with E-state index >= 15 is 0 Å². The van der Waals surface area contributed by atoms with Crippen molar-refractivity contribution in [2.75, 3.05) is 26.7 Å². The smallest absolute Gasteiger partial charge is 0.324 e. The molecular weight excluding hydrogens is 396 g/mol. The molecule has 1 aliphatic rings. The molecule has 0 saturated carbocycles. The number of hydrogen-bond acceptors (Lipinski definition) is 7. The highest BCUT2D eigenvalue weighted by molar-refractivity contribution is 7.18. The van der Waals surface area contributed by atoms with Gasteiger partial charge < -0.3 is 15.0 Å². The van der Waals surface area contributed by atoms with Crippen LogP contribution in [0.3, 0.4) is 0 Å². The minimum atomic E-state index is -0.550. The number of para-hydroxylation sites is 1.